The van der Waals surface area contributed by atoms with Gasteiger partial charge in [0.25, 0.3) is 0 Å². The molecule has 0 amide bonds. The number of aromatic nitrogens is 1. The van der Waals surface area contributed by atoms with Crippen molar-refractivity contribution in [1.82, 2.24) is 4.98 Å². The number of thioether (sulfide) groups is 1. The number of rotatable bonds is 7. The van der Waals surface area contributed by atoms with Gasteiger partial charge in [-0.05, 0) is 19.2 Å². The van der Waals surface area contributed by atoms with E-state index in [1.165, 1.54) is 6.07 Å². The minimum atomic E-state index is -0.395. The average molecular weight is 270 g/mol. The lowest BCUT2D eigenvalue weighted by Gasteiger charge is -2.18. The van der Waals surface area contributed by atoms with Crippen molar-refractivity contribution in [2.75, 3.05) is 42.4 Å². The zero-order valence-electron chi connectivity index (χ0n) is 10.8. The van der Waals surface area contributed by atoms with Gasteiger partial charge in [0.2, 0.25) is 5.82 Å². The monoisotopic (exact) mass is 270 g/mol. The summed E-state index contributed by atoms with van der Waals surface area (Å²) in [5.41, 5.74) is 0.0419. The Bertz CT molecular complexity index is 414. The predicted octanol–water partition coefficient (Wildman–Crippen LogP) is 2.22. The van der Waals surface area contributed by atoms with Crippen LogP contribution in [0.25, 0.3) is 0 Å². The first-order chi connectivity index (χ1) is 8.60. The molecule has 0 aromatic carbocycles. The third kappa shape index (κ3) is 3.76. The third-order valence-electron chi connectivity index (χ3n) is 2.40. The van der Waals surface area contributed by atoms with Crippen LogP contribution in [0.4, 0.5) is 17.3 Å². The summed E-state index contributed by atoms with van der Waals surface area (Å²) >= 11 is 1.70. The maximum atomic E-state index is 11.0. The normalized spacial score (nSPS) is 10.2. The second kappa shape index (κ2) is 7.05. The number of nitro groups is 1. The maximum Gasteiger partial charge on any atom is 0.311 e. The van der Waals surface area contributed by atoms with E-state index in [-0.39, 0.29) is 5.69 Å². The van der Waals surface area contributed by atoms with Gasteiger partial charge in [-0.25, -0.2) is 4.98 Å². The number of hydrogen-bond acceptors (Lipinski definition) is 6. The standard InChI is InChI=1S/C11H18N4O2S/c1-4-12-10-6-5-9(15(16)17)11(13-10)14(2)7-8-18-3/h5-6H,4,7-8H2,1-3H3,(H,12,13). The van der Waals surface area contributed by atoms with Crippen LogP contribution in [0, 0.1) is 10.1 Å². The Labute approximate surface area is 111 Å². The molecule has 0 saturated heterocycles. The predicted molar refractivity (Wildman–Crippen MR) is 76.7 cm³/mol. The van der Waals surface area contributed by atoms with Crippen molar-refractivity contribution >= 4 is 29.1 Å². The summed E-state index contributed by atoms with van der Waals surface area (Å²) in [6.07, 6.45) is 2.00. The molecule has 0 unspecified atom stereocenters. The molecule has 1 aromatic rings. The lowest BCUT2D eigenvalue weighted by molar-refractivity contribution is -0.384. The van der Waals surface area contributed by atoms with Gasteiger partial charge in [0.05, 0.1) is 4.92 Å². The first kappa shape index (κ1) is 14.6. The van der Waals surface area contributed by atoms with E-state index in [1.807, 2.05) is 25.1 Å². The van der Waals surface area contributed by atoms with Gasteiger partial charge in [0, 0.05) is 32.0 Å². The highest BCUT2D eigenvalue weighted by Gasteiger charge is 2.19. The fraction of sp³-hybridized carbons (Fsp3) is 0.545. The molecular formula is C11H18N4O2S. The lowest BCUT2D eigenvalue weighted by atomic mass is 10.3. The zero-order chi connectivity index (χ0) is 13.5. The minimum absolute atomic E-state index is 0.0419. The quantitative estimate of drug-likeness (QED) is 0.605. The molecule has 1 heterocycles. The van der Waals surface area contributed by atoms with Crippen molar-refractivity contribution < 1.29 is 4.92 Å². The Hall–Kier alpha value is -1.50. The molecule has 7 heteroatoms. The van der Waals surface area contributed by atoms with Crippen molar-refractivity contribution in [3.05, 3.63) is 22.2 Å². The van der Waals surface area contributed by atoms with Gasteiger partial charge >= 0.3 is 5.69 Å². The highest BCUT2D eigenvalue weighted by molar-refractivity contribution is 7.98. The molecule has 6 nitrogen and oxygen atoms in total. The largest absolute Gasteiger partial charge is 0.370 e. The molecule has 100 valence electrons. The number of nitrogens with zero attached hydrogens (tertiary/aromatic N) is 3. The van der Waals surface area contributed by atoms with Gasteiger partial charge in [-0.3, -0.25) is 10.1 Å². The van der Waals surface area contributed by atoms with Gasteiger partial charge in [-0.15, -0.1) is 0 Å². The van der Waals surface area contributed by atoms with E-state index in [2.05, 4.69) is 10.3 Å². The minimum Gasteiger partial charge on any atom is -0.370 e. The smallest absolute Gasteiger partial charge is 0.311 e. The summed E-state index contributed by atoms with van der Waals surface area (Å²) < 4.78 is 0. The van der Waals surface area contributed by atoms with E-state index in [9.17, 15) is 10.1 Å². The van der Waals surface area contributed by atoms with Gasteiger partial charge in [-0.2, -0.15) is 11.8 Å². The maximum absolute atomic E-state index is 11.0. The van der Waals surface area contributed by atoms with Crippen LogP contribution >= 0.6 is 11.8 Å². The number of nitrogens with one attached hydrogen (secondary N) is 1. The van der Waals surface area contributed by atoms with Crippen LogP contribution in [0.3, 0.4) is 0 Å². The molecule has 0 atom stereocenters. The number of anilines is 2. The molecule has 0 aliphatic carbocycles. The molecule has 1 rings (SSSR count). The van der Waals surface area contributed by atoms with Crippen LogP contribution in [-0.2, 0) is 0 Å². The molecule has 0 aliphatic heterocycles. The second-order valence-corrected chi connectivity index (χ2v) is 4.73. The lowest BCUT2D eigenvalue weighted by Crippen LogP contribution is -2.22. The highest BCUT2D eigenvalue weighted by Crippen LogP contribution is 2.26. The van der Waals surface area contributed by atoms with Crippen molar-refractivity contribution in [2.24, 2.45) is 0 Å². The molecule has 0 aliphatic rings. The van der Waals surface area contributed by atoms with E-state index in [1.54, 1.807) is 17.8 Å². The third-order valence-corrected chi connectivity index (χ3v) is 2.99. The number of hydrogen-bond donors (Lipinski definition) is 1. The van der Waals surface area contributed by atoms with Crippen LogP contribution in [0.5, 0.6) is 0 Å². The molecule has 1 N–H and O–H groups in total. The molecule has 0 fully saturated rings. The first-order valence-corrected chi connectivity index (χ1v) is 7.09. The van der Waals surface area contributed by atoms with Crippen LogP contribution in [-0.4, -0.2) is 42.1 Å². The molecule has 1 aromatic heterocycles. The molecule has 0 bridgehead atoms. The molecular weight excluding hydrogens is 252 g/mol. The van der Waals surface area contributed by atoms with E-state index >= 15 is 0 Å². The van der Waals surface area contributed by atoms with Gasteiger partial charge in [-0.1, -0.05) is 0 Å². The van der Waals surface area contributed by atoms with Crippen molar-refractivity contribution in [3.8, 4) is 0 Å². The van der Waals surface area contributed by atoms with Gasteiger partial charge < -0.3 is 10.2 Å². The summed E-state index contributed by atoms with van der Waals surface area (Å²) in [5.74, 6) is 1.97. The molecule has 0 radical (unpaired) electrons. The van der Waals surface area contributed by atoms with E-state index in [4.69, 9.17) is 0 Å². The fourth-order valence-electron chi connectivity index (χ4n) is 1.48. The highest BCUT2D eigenvalue weighted by atomic mass is 32.2. The Morgan fingerprint density at radius 2 is 2.28 bits per heavy atom. The van der Waals surface area contributed by atoms with Gasteiger partial charge in [0.15, 0.2) is 0 Å². The summed E-state index contributed by atoms with van der Waals surface area (Å²) in [4.78, 5) is 16.7. The SMILES string of the molecule is CCNc1ccc([N+](=O)[O-])c(N(C)CCSC)n1. The Morgan fingerprint density at radius 1 is 1.56 bits per heavy atom. The van der Waals surface area contributed by atoms with Crippen molar-refractivity contribution in [3.63, 3.8) is 0 Å². The van der Waals surface area contributed by atoms with E-state index < -0.39 is 4.92 Å². The molecule has 0 saturated carbocycles. The van der Waals surface area contributed by atoms with Gasteiger partial charge in [0.1, 0.15) is 5.82 Å². The zero-order valence-corrected chi connectivity index (χ0v) is 11.7. The first-order valence-electron chi connectivity index (χ1n) is 5.69. The summed E-state index contributed by atoms with van der Waals surface area (Å²) in [6.45, 7) is 3.42. The van der Waals surface area contributed by atoms with Crippen molar-refractivity contribution in [2.45, 2.75) is 6.92 Å². The van der Waals surface area contributed by atoms with E-state index in [0.29, 0.717) is 11.6 Å². The Morgan fingerprint density at radius 3 is 2.83 bits per heavy atom. The average Bonchev–Trinajstić information content (AvgIpc) is 2.36. The fourth-order valence-corrected chi connectivity index (χ4v) is 1.93. The van der Waals surface area contributed by atoms with Crippen LogP contribution in [0.2, 0.25) is 0 Å². The Balaban J connectivity index is 3.02. The van der Waals surface area contributed by atoms with E-state index in [0.717, 1.165) is 18.8 Å². The second-order valence-electron chi connectivity index (χ2n) is 3.74. The summed E-state index contributed by atoms with van der Waals surface area (Å²) in [7, 11) is 1.82. The summed E-state index contributed by atoms with van der Waals surface area (Å²) in [5, 5.41) is 14.0. The Kier molecular flexibility index (Phi) is 5.70. The van der Waals surface area contributed by atoms with Crippen molar-refractivity contribution in [1.29, 1.82) is 0 Å². The molecule has 18 heavy (non-hydrogen) atoms. The topological polar surface area (TPSA) is 71.3 Å². The number of pyridine rings is 1. The summed E-state index contributed by atoms with van der Waals surface area (Å²) in [6, 6.07) is 3.13. The van der Waals surface area contributed by atoms with Crippen LogP contribution in [0.15, 0.2) is 12.1 Å². The van der Waals surface area contributed by atoms with Crippen LogP contribution < -0.4 is 10.2 Å². The molecule has 0 spiro atoms. The van der Waals surface area contributed by atoms with Crippen LogP contribution in [0.1, 0.15) is 6.92 Å².